The number of hydrogen-bond acceptors (Lipinski definition) is 25. The van der Waals surface area contributed by atoms with Gasteiger partial charge in [0.2, 0.25) is 11.8 Å². The number of nitrogens with two attached hydrogens (primary N) is 1. The van der Waals surface area contributed by atoms with Crippen molar-refractivity contribution in [2.75, 3.05) is 25.6 Å². The Bertz CT molecular complexity index is 4250. The number of aromatic nitrogens is 7. The molecular weight excluding hydrogens is 1330 g/mol. The van der Waals surface area contributed by atoms with E-state index in [1.54, 1.807) is 70.9 Å². The molecule has 0 saturated heterocycles. The third-order valence-electron chi connectivity index (χ3n) is 14.9. The van der Waals surface area contributed by atoms with Crippen LogP contribution in [0.5, 0.6) is 0 Å². The Labute approximate surface area is 560 Å². The fourth-order valence-corrected chi connectivity index (χ4v) is 15.5. The Morgan fingerprint density at radius 3 is 2.10 bits per heavy atom. The van der Waals surface area contributed by atoms with Crippen molar-refractivity contribution in [1.82, 2.24) is 56.2 Å². The summed E-state index contributed by atoms with van der Waals surface area (Å²) in [6.07, 6.45) is -0.715. The zero-order valence-electron chi connectivity index (χ0n) is 50.8. The minimum atomic E-state index is -1.32. The second kappa shape index (κ2) is 30.4. The van der Waals surface area contributed by atoms with E-state index in [0.717, 1.165) is 11.3 Å². The van der Waals surface area contributed by atoms with E-state index in [1.807, 2.05) is 13.8 Å². The molecule has 32 heteroatoms. The van der Waals surface area contributed by atoms with Crippen molar-refractivity contribution in [1.29, 1.82) is 0 Å². The fraction of sp³-hybridized carbons (Fsp3) is 0.306. The van der Waals surface area contributed by atoms with Crippen LogP contribution in [0.2, 0.25) is 0 Å². The maximum atomic E-state index is 14.1. The SMILES string of the molecule is CNC(=O)C[C@H](N)c1nc(C(=O)NC(c2nc(C(=O)NCC(=O)N[C@H](c3nc(-c4nc(-c5nc(-c6nc(N(C(=O)OC7CCC(C(=O)O)CC7)c7ccc(C(=O)O)cc7)cs6)ccc5-c5nc(C=O)cs5)cs4)cs3)[C@@H](O)c3ccccc3)c(COC)s2)C(C)C)c(C)s1. The number of anilines is 2. The number of rotatable bonds is 26. The molecule has 4 atom stereocenters. The average Bonchev–Trinajstić information content (AvgIpc) is 1.65. The first kappa shape index (κ1) is 67.9. The topological polar surface area (TPSA) is 383 Å². The minimum Gasteiger partial charge on any atom is -0.481 e. The number of carboxylic acid groups (broad SMARTS) is 2. The number of ether oxygens (including phenoxy) is 2. The molecule has 26 nitrogen and oxygen atoms in total. The number of aryl methyl sites for hydroxylation is 1. The van der Waals surface area contributed by atoms with Crippen molar-refractivity contribution in [2.24, 2.45) is 17.6 Å². The number of nitrogens with one attached hydrogen (secondary N) is 4. The van der Waals surface area contributed by atoms with Gasteiger partial charge in [0, 0.05) is 52.5 Å². The molecule has 10 rings (SSSR count). The molecule has 94 heavy (non-hydrogen) atoms. The zero-order chi connectivity index (χ0) is 66.9. The molecular formula is C62H61N13O13S6. The number of benzene rings is 2. The highest BCUT2D eigenvalue weighted by atomic mass is 32.1. The van der Waals surface area contributed by atoms with E-state index in [2.05, 4.69) is 36.2 Å². The molecule has 9 aromatic rings. The highest BCUT2D eigenvalue weighted by Gasteiger charge is 2.34. The van der Waals surface area contributed by atoms with Gasteiger partial charge >= 0.3 is 18.0 Å². The lowest BCUT2D eigenvalue weighted by Gasteiger charge is -2.28. The number of aromatic carboxylic acids is 1. The Morgan fingerprint density at radius 1 is 0.713 bits per heavy atom. The van der Waals surface area contributed by atoms with E-state index in [0.29, 0.717) is 106 Å². The van der Waals surface area contributed by atoms with E-state index in [1.165, 1.54) is 100 Å². The van der Waals surface area contributed by atoms with Gasteiger partial charge in [-0.3, -0.25) is 28.8 Å². The Balaban J connectivity index is 0.880. The predicted octanol–water partition coefficient (Wildman–Crippen LogP) is 9.96. The number of aliphatic hydroxyl groups is 1. The third kappa shape index (κ3) is 15.8. The van der Waals surface area contributed by atoms with E-state index in [4.69, 9.17) is 35.1 Å². The molecule has 7 heterocycles. The molecule has 1 unspecified atom stereocenters. The summed E-state index contributed by atoms with van der Waals surface area (Å²) in [6.45, 7) is 4.95. The molecule has 1 aliphatic rings. The van der Waals surface area contributed by atoms with E-state index < -0.39 is 78.5 Å². The number of pyridine rings is 1. The average molecular weight is 1390 g/mol. The number of nitrogens with zero attached hydrogens (tertiary/aromatic N) is 8. The van der Waals surface area contributed by atoms with Crippen molar-refractivity contribution in [3.8, 4) is 43.4 Å². The molecule has 0 radical (unpaired) electrons. The predicted molar refractivity (Wildman–Crippen MR) is 354 cm³/mol. The van der Waals surface area contributed by atoms with Gasteiger partial charge in [-0.15, -0.1) is 68.0 Å². The van der Waals surface area contributed by atoms with Crippen LogP contribution in [-0.2, 0) is 30.5 Å². The number of aliphatic hydroxyl groups excluding tert-OH is 1. The normalized spacial score (nSPS) is 15.1. The molecule has 1 saturated carbocycles. The number of carbonyl (C=O) groups excluding carboxylic acids is 6. The van der Waals surface area contributed by atoms with Gasteiger partial charge in [0.1, 0.15) is 82.5 Å². The largest absolute Gasteiger partial charge is 0.481 e. The molecule has 0 bridgehead atoms. The van der Waals surface area contributed by atoms with Crippen LogP contribution in [0.3, 0.4) is 0 Å². The van der Waals surface area contributed by atoms with E-state index in [9.17, 15) is 53.7 Å². The maximum absolute atomic E-state index is 14.1. The molecule has 0 spiro atoms. The first-order valence-corrected chi connectivity index (χ1v) is 34.3. The van der Waals surface area contributed by atoms with E-state index in [-0.39, 0.29) is 59.0 Å². The lowest BCUT2D eigenvalue weighted by atomic mass is 9.87. The summed E-state index contributed by atoms with van der Waals surface area (Å²) in [4.78, 5) is 139. The van der Waals surface area contributed by atoms with Gasteiger partial charge < -0.3 is 51.8 Å². The van der Waals surface area contributed by atoms with Crippen LogP contribution < -0.4 is 31.9 Å². The van der Waals surface area contributed by atoms with E-state index >= 15 is 0 Å². The number of carboxylic acids is 2. The standard InChI is InChI=1S/C62H61N13O13S6/c1-29(2)46(72-53(81)47-30(3)93-55(73-47)38(63)21-44(77)64-4)59-74-49(42(94-59)24-87-5)52(80)65-22-45(78)71-50(51(79)31-9-7-6-8-10-31)58-69-41(27-91-58)57-68-40(26-90-57)48-37(54-66-34(23-76)25-89-54)19-20-39(67-48)56-70-43(28-92-56)75(35-15-11-32(12-16-35)60(82)83)62(86)88-36-17-13-33(14-18-36)61(84)85/h6-12,15-16,19-20,23,25-29,33,36,38,46,50-51,79H,13-14,17-18,21-22,24,63H2,1-5H3,(H,64,77)(H,65,80)(H,71,78)(H,72,81)(H,82,83)(H,84,85)/t33?,36?,38-,46?,50-,51-/m0/s1. The van der Waals surface area contributed by atoms with Gasteiger partial charge in [0.05, 0.1) is 53.0 Å². The smallest absolute Gasteiger partial charge is 0.420 e. The number of thiazole rings is 6. The molecule has 7 aromatic heterocycles. The number of hydrogen-bond donors (Lipinski definition) is 8. The van der Waals surface area contributed by atoms with Gasteiger partial charge in [0.25, 0.3) is 11.8 Å². The summed E-state index contributed by atoms with van der Waals surface area (Å²) in [6, 6.07) is 15.2. The van der Waals surface area contributed by atoms with Gasteiger partial charge in [-0.25, -0.2) is 49.4 Å². The Hall–Kier alpha value is -8.99. The number of amides is 5. The molecule has 1 fully saturated rings. The second-order valence-corrected chi connectivity index (χ2v) is 27.6. The van der Waals surface area contributed by atoms with Gasteiger partial charge in [-0.2, -0.15) is 0 Å². The van der Waals surface area contributed by atoms with Crippen LogP contribution in [0, 0.1) is 18.8 Å². The maximum Gasteiger partial charge on any atom is 0.420 e. The summed E-state index contributed by atoms with van der Waals surface area (Å²) in [7, 11) is 2.97. The van der Waals surface area contributed by atoms with Crippen LogP contribution in [0.25, 0.3) is 43.4 Å². The molecule has 488 valence electrons. The van der Waals surface area contributed by atoms with Crippen LogP contribution in [-0.4, -0.2) is 125 Å². The van der Waals surface area contributed by atoms with Crippen LogP contribution >= 0.6 is 68.0 Å². The van der Waals surface area contributed by atoms with Gasteiger partial charge in [-0.05, 0) is 80.5 Å². The number of aliphatic carboxylic acids is 1. The minimum absolute atomic E-state index is 0.00735. The van der Waals surface area contributed by atoms with Crippen LogP contribution in [0.15, 0.2) is 88.3 Å². The van der Waals surface area contributed by atoms with Crippen molar-refractivity contribution in [3.05, 3.63) is 141 Å². The molecule has 0 aliphatic heterocycles. The van der Waals surface area contributed by atoms with Gasteiger partial charge in [0.15, 0.2) is 12.1 Å². The number of methoxy groups -OCH3 is 1. The lowest BCUT2D eigenvalue weighted by Crippen LogP contribution is -2.40. The third-order valence-corrected chi connectivity index (χ3v) is 20.7. The number of aldehydes is 1. The highest BCUT2D eigenvalue weighted by molar-refractivity contribution is 7.15. The Kier molecular flexibility index (Phi) is 21.9. The fourth-order valence-electron chi connectivity index (χ4n) is 10.0. The second-order valence-electron chi connectivity index (χ2n) is 21.8. The van der Waals surface area contributed by atoms with Crippen molar-refractivity contribution in [2.45, 2.75) is 89.8 Å². The van der Waals surface area contributed by atoms with Crippen molar-refractivity contribution in [3.63, 3.8) is 0 Å². The lowest BCUT2D eigenvalue weighted by molar-refractivity contribution is -0.143. The van der Waals surface area contributed by atoms with Crippen LogP contribution in [0.1, 0.15) is 142 Å². The molecule has 5 amide bonds. The highest BCUT2D eigenvalue weighted by Crippen LogP contribution is 2.41. The Morgan fingerprint density at radius 2 is 1.41 bits per heavy atom. The monoisotopic (exact) mass is 1390 g/mol. The quantitative estimate of drug-likeness (QED) is 0.0234. The summed E-state index contributed by atoms with van der Waals surface area (Å²) in [5.41, 5.74) is 9.36. The summed E-state index contributed by atoms with van der Waals surface area (Å²) in [5, 5.41) is 51.4. The first-order valence-electron chi connectivity index (χ1n) is 29.1. The van der Waals surface area contributed by atoms with Crippen LogP contribution in [0.4, 0.5) is 16.3 Å². The van der Waals surface area contributed by atoms with Gasteiger partial charge in [-0.1, -0.05) is 44.2 Å². The molecule has 2 aromatic carbocycles. The molecule has 1 aliphatic carbocycles. The first-order chi connectivity index (χ1) is 45.2. The summed E-state index contributed by atoms with van der Waals surface area (Å²) >= 11 is 7.18. The van der Waals surface area contributed by atoms with Crippen molar-refractivity contribution < 1.29 is 63.1 Å². The van der Waals surface area contributed by atoms with Crippen molar-refractivity contribution >= 4 is 127 Å². The zero-order valence-corrected chi connectivity index (χ0v) is 55.7. The summed E-state index contributed by atoms with van der Waals surface area (Å²) in [5.74, 6) is -4.81. The summed E-state index contributed by atoms with van der Waals surface area (Å²) < 4.78 is 11.4. The number of carbonyl (C=O) groups is 8. The molecule has 9 N–H and O–H groups in total.